The summed E-state index contributed by atoms with van der Waals surface area (Å²) in [5.41, 5.74) is 14.7. The Bertz CT molecular complexity index is 691. The molecule has 2 rings (SSSR count). The van der Waals surface area contributed by atoms with Gasteiger partial charge < -0.3 is 16.2 Å². The lowest BCUT2D eigenvalue weighted by atomic mass is 10.0. The van der Waals surface area contributed by atoms with Crippen molar-refractivity contribution in [2.45, 2.75) is 26.4 Å². The third-order valence-electron chi connectivity index (χ3n) is 2.93. The van der Waals surface area contributed by atoms with Gasteiger partial charge in [-0.15, -0.1) is 0 Å². The van der Waals surface area contributed by atoms with E-state index in [4.69, 9.17) is 16.2 Å². The number of ether oxygens (including phenoxy) is 1. The summed E-state index contributed by atoms with van der Waals surface area (Å²) in [6.07, 6.45) is -0.520. The standard InChI is InChI=1S/C17H21N3O2/c1-17(2,3)22-16(21)20-15-9-8-11(18)10-13(15)12-6-4-5-7-14(12)19/h4-10H,18-19H2,1-3H3,(H,20,21). The Kier molecular flexibility index (Phi) is 4.26. The number of amides is 1. The van der Waals surface area contributed by atoms with E-state index in [0.29, 0.717) is 17.1 Å². The van der Waals surface area contributed by atoms with E-state index in [0.717, 1.165) is 11.1 Å². The van der Waals surface area contributed by atoms with Crippen LogP contribution in [0.15, 0.2) is 42.5 Å². The van der Waals surface area contributed by atoms with Crippen LogP contribution in [0.25, 0.3) is 11.1 Å². The number of nitrogens with one attached hydrogen (secondary N) is 1. The zero-order chi connectivity index (χ0) is 16.3. The van der Waals surface area contributed by atoms with Crippen molar-refractivity contribution in [3.8, 4) is 11.1 Å². The minimum atomic E-state index is -0.566. The van der Waals surface area contributed by atoms with Gasteiger partial charge in [-0.2, -0.15) is 0 Å². The van der Waals surface area contributed by atoms with Crippen molar-refractivity contribution in [2.75, 3.05) is 16.8 Å². The zero-order valence-corrected chi connectivity index (χ0v) is 13.0. The predicted octanol–water partition coefficient (Wildman–Crippen LogP) is 3.87. The second-order valence-electron chi connectivity index (χ2n) is 6.02. The van der Waals surface area contributed by atoms with E-state index in [1.165, 1.54) is 0 Å². The molecule has 22 heavy (non-hydrogen) atoms. The fourth-order valence-electron chi connectivity index (χ4n) is 2.05. The van der Waals surface area contributed by atoms with Gasteiger partial charge in [-0.25, -0.2) is 4.79 Å². The van der Waals surface area contributed by atoms with Crippen LogP contribution in [0.2, 0.25) is 0 Å². The average molecular weight is 299 g/mol. The molecule has 0 aliphatic carbocycles. The molecule has 0 aliphatic rings. The fourth-order valence-corrected chi connectivity index (χ4v) is 2.05. The summed E-state index contributed by atoms with van der Waals surface area (Å²) >= 11 is 0. The molecule has 116 valence electrons. The molecule has 0 aliphatic heterocycles. The first-order valence-corrected chi connectivity index (χ1v) is 7.01. The number of hydrogen-bond donors (Lipinski definition) is 3. The van der Waals surface area contributed by atoms with Gasteiger partial charge in [0.15, 0.2) is 0 Å². The van der Waals surface area contributed by atoms with E-state index in [-0.39, 0.29) is 0 Å². The molecule has 0 radical (unpaired) electrons. The first kappa shape index (κ1) is 15.7. The molecule has 1 amide bonds. The Hall–Kier alpha value is -2.69. The summed E-state index contributed by atoms with van der Waals surface area (Å²) in [7, 11) is 0. The number of nitrogen functional groups attached to an aromatic ring is 2. The number of rotatable bonds is 2. The van der Waals surface area contributed by atoms with Crippen LogP contribution >= 0.6 is 0 Å². The summed E-state index contributed by atoms with van der Waals surface area (Å²) in [5.74, 6) is 0. The van der Waals surface area contributed by atoms with Crippen molar-refractivity contribution < 1.29 is 9.53 Å². The Balaban J connectivity index is 2.37. The number of para-hydroxylation sites is 1. The number of hydrogen-bond acceptors (Lipinski definition) is 4. The van der Waals surface area contributed by atoms with Gasteiger partial charge in [-0.3, -0.25) is 5.32 Å². The van der Waals surface area contributed by atoms with Gasteiger partial charge >= 0.3 is 6.09 Å². The lowest BCUT2D eigenvalue weighted by Gasteiger charge is -2.21. The molecule has 0 heterocycles. The number of benzene rings is 2. The number of carbonyl (C=O) groups is 1. The minimum absolute atomic E-state index is 0.520. The van der Waals surface area contributed by atoms with Crippen LogP contribution < -0.4 is 16.8 Å². The molecule has 0 saturated heterocycles. The maximum atomic E-state index is 12.0. The monoisotopic (exact) mass is 299 g/mol. The highest BCUT2D eigenvalue weighted by atomic mass is 16.6. The van der Waals surface area contributed by atoms with Crippen molar-refractivity contribution in [2.24, 2.45) is 0 Å². The van der Waals surface area contributed by atoms with Gasteiger partial charge in [-0.1, -0.05) is 18.2 Å². The average Bonchev–Trinajstić information content (AvgIpc) is 2.39. The lowest BCUT2D eigenvalue weighted by molar-refractivity contribution is 0.0636. The number of anilines is 3. The fraction of sp³-hybridized carbons (Fsp3) is 0.235. The van der Waals surface area contributed by atoms with Crippen molar-refractivity contribution in [1.82, 2.24) is 0 Å². The highest BCUT2D eigenvalue weighted by Gasteiger charge is 2.18. The van der Waals surface area contributed by atoms with Gasteiger partial charge in [0.05, 0.1) is 5.69 Å². The normalized spacial score (nSPS) is 11.0. The molecule has 2 aromatic rings. The maximum Gasteiger partial charge on any atom is 0.412 e. The summed E-state index contributed by atoms with van der Waals surface area (Å²) in [6.45, 7) is 5.43. The van der Waals surface area contributed by atoms with Gasteiger partial charge in [0.25, 0.3) is 0 Å². The van der Waals surface area contributed by atoms with E-state index >= 15 is 0 Å². The molecule has 2 aromatic carbocycles. The summed E-state index contributed by atoms with van der Waals surface area (Å²) in [6, 6.07) is 12.6. The summed E-state index contributed by atoms with van der Waals surface area (Å²) in [5, 5.41) is 2.75. The van der Waals surface area contributed by atoms with Gasteiger partial charge in [0, 0.05) is 22.5 Å². The van der Waals surface area contributed by atoms with E-state index in [2.05, 4.69) is 5.32 Å². The van der Waals surface area contributed by atoms with Gasteiger partial charge in [0.1, 0.15) is 5.60 Å². The predicted molar refractivity (Wildman–Crippen MR) is 90.6 cm³/mol. The van der Waals surface area contributed by atoms with Crippen LogP contribution in [0.3, 0.4) is 0 Å². The topological polar surface area (TPSA) is 90.4 Å². The third kappa shape index (κ3) is 3.91. The minimum Gasteiger partial charge on any atom is -0.444 e. The molecule has 5 N–H and O–H groups in total. The van der Waals surface area contributed by atoms with E-state index in [9.17, 15) is 4.79 Å². The SMILES string of the molecule is CC(C)(C)OC(=O)Nc1ccc(N)cc1-c1ccccc1N. The molecule has 5 nitrogen and oxygen atoms in total. The quantitative estimate of drug-likeness (QED) is 0.734. The van der Waals surface area contributed by atoms with Crippen molar-refractivity contribution >= 4 is 23.2 Å². The maximum absolute atomic E-state index is 12.0. The molecule has 0 aromatic heterocycles. The van der Waals surface area contributed by atoms with Crippen LogP contribution in [0, 0.1) is 0 Å². The van der Waals surface area contributed by atoms with Crippen molar-refractivity contribution in [3.63, 3.8) is 0 Å². The molecule has 0 bridgehead atoms. The Morgan fingerprint density at radius 2 is 1.73 bits per heavy atom. The summed E-state index contributed by atoms with van der Waals surface area (Å²) < 4.78 is 5.28. The van der Waals surface area contributed by atoms with Crippen LogP contribution in [-0.4, -0.2) is 11.7 Å². The molecule has 0 spiro atoms. The van der Waals surface area contributed by atoms with Gasteiger partial charge in [-0.05, 0) is 45.0 Å². The van der Waals surface area contributed by atoms with Crippen LogP contribution in [-0.2, 0) is 4.74 Å². The highest BCUT2D eigenvalue weighted by molar-refractivity contribution is 5.95. The number of nitrogens with two attached hydrogens (primary N) is 2. The van der Waals surface area contributed by atoms with Crippen LogP contribution in [0.4, 0.5) is 21.9 Å². The second kappa shape index (κ2) is 5.97. The smallest absolute Gasteiger partial charge is 0.412 e. The van der Waals surface area contributed by atoms with Crippen LogP contribution in [0.5, 0.6) is 0 Å². The third-order valence-corrected chi connectivity index (χ3v) is 2.93. The van der Waals surface area contributed by atoms with Crippen molar-refractivity contribution in [1.29, 1.82) is 0 Å². The Morgan fingerprint density at radius 3 is 2.36 bits per heavy atom. The van der Waals surface area contributed by atoms with Gasteiger partial charge in [0.2, 0.25) is 0 Å². The van der Waals surface area contributed by atoms with E-state index in [1.807, 2.05) is 39.0 Å². The first-order chi connectivity index (χ1) is 10.3. The van der Waals surface area contributed by atoms with Crippen molar-refractivity contribution in [3.05, 3.63) is 42.5 Å². The molecular weight excluding hydrogens is 278 g/mol. The molecule has 0 unspecified atom stereocenters. The van der Waals surface area contributed by atoms with E-state index in [1.54, 1.807) is 24.3 Å². The second-order valence-corrected chi connectivity index (χ2v) is 6.02. The molecule has 5 heteroatoms. The largest absolute Gasteiger partial charge is 0.444 e. The zero-order valence-electron chi connectivity index (χ0n) is 13.0. The molecule has 0 saturated carbocycles. The Labute approximate surface area is 130 Å². The first-order valence-electron chi connectivity index (χ1n) is 7.01. The molecule has 0 atom stereocenters. The Morgan fingerprint density at radius 1 is 1.05 bits per heavy atom. The summed E-state index contributed by atoms with van der Waals surface area (Å²) in [4.78, 5) is 12.0. The lowest BCUT2D eigenvalue weighted by Crippen LogP contribution is -2.27. The highest BCUT2D eigenvalue weighted by Crippen LogP contribution is 2.33. The van der Waals surface area contributed by atoms with E-state index < -0.39 is 11.7 Å². The molecular formula is C17H21N3O2. The van der Waals surface area contributed by atoms with Crippen LogP contribution in [0.1, 0.15) is 20.8 Å². The molecule has 0 fully saturated rings. The number of carbonyl (C=O) groups excluding carboxylic acids is 1.